The lowest BCUT2D eigenvalue weighted by atomic mass is 10.1. The number of hydrogen-bond donors (Lipinski definition) is 0. The van der Waals surface area contributed by atoms with Crippen LogP contribution in [0.15, 0.2) is 28.7 Å². The molecule has 0 heterocycles. The van der Waals surface area contributed by atoms with E-state index in [-0.39, 0.29) is 10.7 Å². The van der Waals surface area contributed by atoms with Gasteiger partial charge in [-0.15, -0.1) is 0 Å². The summed E-state index contributed by atoms with van der Waals surface area (Å²) in [5.74, 6) is -0.378. The van der Waals surface area contributed by atoms with E-state index >= 15 is 0 Å². The molecular formula is C13H17NO3S. The average Bonchev–Trinajstić information content (AvgIpc) is 2.34. The molecule has 0 aromatic heterocycles. The largest absolute Gasteiger partial charge is 0.591 e. The summed E-state index contributed by atoms with van der Waals surface area (Å²) in [5.41, 5.74) is 1.27. The number of ether oxygens (including phenoxy) is 1. The number of esters is 1. The third kappa shape index (κ3) is 4.16. The minimum Gasteiger partial charge on any atom is -0.591 e. The van der Waals surface area contributed by atoms with E-state index < -0.39 is 11.4 Å². The van der Waals surface area contributed by atoms with Crippen LogP contribution in [0.5, 0.6) is 0 Å². The van der Waals surface area contributed by atoms with Crippen LogP contribution in [0.1, 0.15) is 36.7 Å². The maximum atomic E-state index is 11.7. The molecule has 0 unspecified atom stereocenters. The monoisotopic (exact) mass is 267 g/mol. The van der Waals surface area contributed by atoms with Gasteiger partial charge in [0.2, 0.25) is 0 Å². The molecule has 0 aliphatic rings. The minimum atomic E-state index is -1.28. The maximum Gasteiger partial charge on any atom is 0.337 e. The van der Waals surface area contributed by atoms with Gasteiger partial charge in [-0.05, 0) is 38.5 Å². The normalized spacial score (nSPS) is 13.6. The van der Waals surface area contributed by atoms with Crippen LogP contribution in [0, 0.1) is 0 Å². The van der Waals surface area contributed by atoms with Gasteiger partial charge in [0, 0.05) is 0 Å². The highest BCUT2D eigenvalue weighted by Crippen LogP contribution is 2.16. The third-order valence-electron chi connectivity index (χ3n) is 2.15. The molecule has 0 spiro atoms. The Hall–Kier alpha value is -1.33. The molecule has 1 rings (SSSR count). The second-order valence-electron chi connectivity index (χ2n) is 4.71. The molecule has 0 radical (unpaired) electrons. The molecule has 0 saturated carbocycles. The lowest BCUT2D eigenvalue weighted by Crippen LogP contribution is -2.25. The summed E-state index contributed by atoms with van der Waals surface area (Å²) in [4.78, 5) is 11.2. The summed E-state index contributed by atoms with van der Waals surface area (Å²) in [5, 5.41) is 0. The van der Waals surface area contributed by atoms with Gasteiger partial charge in [-0.25, -0.2) is 4.79 Å². The average molecular weight is 267 g/mol. The second kappa shape index (κ2) is 6.02. The van der Waals surface area contributed by atoms with Crippen molar-refractivity contribution >= 4 is 23.5 Å². The number of methoxy groups -OCH3 is 1. The van der Waals surface area contributed by atoms with Gasteiger partial charge < -0.3 is 9.29 Å². The first-order chi connectivity index (χ1) is 8.34. The number of hydrogen-bond acceptors (Lipinski definition) is 4. The van der Waals surface area contributed by atoms with Crippen LogP contribution in [0.3, 0.4) is 0 Å². The van der Waals surface area contributed by atoms with Gasteiger partial charge in [-0.1, -0.05) is 16.5 Å². The molecule has 4 nitrogen and oxygen atoms in total. The minimum absolute atomic E-state index is 0.373. The molecule has 0 amide bonds. The molecule has 1 atom stereocenters. The van der Waals surface area contributed by atoms with Crippen molar-refractivity contribution in [2.75, 3.05) is 7.11 Å². The third-order valence-corrected chi connectivity index (χ3v) is 3.50. The van der Waals surface area contributed by atoms with Crippen LogP contribution >= 0.6 is 0 Å². The van der Waals surface area contributed by atoms with Crippen LogP contribution in [-0.4, -0.2) is 28.6 Å². The van der Waals surface area contributed by atoms with Gasteiger partial charge in [0.05, 0.1) is 18.9 Å². The van der Waals surface area contributed by atoms with Crippen LogP contribution in [0.4, 0.5) is 0 Å². The van der Waals surface area contributed by atoms with E-state index in [0.29, 0.717) is 5.56 Å². The van der Waals surface area contributed by atoms with Crippen molar-refractivity contribution in [3.63, 3.8) is 0 Å². The summed E-state index contributed by atoms with van der Waals surface area (Å²) in [6.07, 6.45) is 1.54. The summed E-state index contributed by atoms with van der Waals surface area (Å²) >= 11 is -1.28. The Balaban J connectivity index is 2.75. The van der Waals surface area contributed by atoms with Crippen molar-refractivity contribution in [2.24, 2.45) is 4.40 Å². The second-order valence-corrected chi connectivity index (χ2v) is 6.64. The van der Waals surface area contributed by atoms with Gasteiger partial charge in [-0.2, -0.15) is 0 Å². The fraction of sp³-hybridized carbons (Fsp3) is 0.385. The number of rotatable bonds is 3. The molecule has 0 bridgehead atoms. The van der Waals surface area contributed by atoms with Crippen molar-refractivity contribution in [1.29, 1.82) is 0 Å². The van der Waals surface area contributed by atoms with Crippen molar-refractivity contribution in [2.45, 2.75) is 25.5 Å². The molecule has 0 N–H and O–H groups in total. The van der Waals surface area contributed by atoms with Gasteiger partial charge in [0.15, 0.2) is 0 Å². The lowest BCUT2D eigenvalue weighted by molar-refractivity contribution is 0.0600. The zero-order valence-corrected chi connectivity index (χ0v) is 11.8. The predicted octanol–water partition coefficient (Wildman–Crippen LogP) is 2.35. The number of nitrogens with zero attached hydrogens (tertiary/aromatic N) is 1. The van der Waals surface area contributed by atoms with Gasteiger partial charge in [0.25, 0.3) is 0 Å². The van der Waals surface area contributed by atoms with Crippen LogP contribution in [-0.2, 0) is 16.1 Å². The first kappa shape index (κ1) is 14.7. The van der Waals surface area contributed by atoms with Crippen LogP contribution in [0.25, 0.3) is 0 Å². The molecule has 18 heavy (non-hydrogen) atoms. The van der Waals surface area contributed by atoms with Gasteiger partial charge >= 0.3 is 5.97 Å². The molecule has 1 aromatic rings. The maximum absolute atomic E-state index is 11.7. The number of benzene rings is 1. The van der Waals surface area contributed by atoms with E-state index in [9.17, 15) is 9.35 Å². The molecule has 5 heteroatoms. The molecule has 0 fully saturated rings. The predicted molar refractivity (Wildman–Crippen MR) is 73.3 cm³/mol. The Bertz CT molecular complexity index is 435. The fourth-order valence-corrected chi connectivity index (χ4v) is 1.62. The molecule has 98 valence electrons. The van der Waals surface area contributed by atoms with Crippen molar-refractivity contribution in [3.8, 4) is 0 Å². The Morgan fingerprint density at radius 1 is 1.33 bits per heavy atom. The van der Waals surface area contributed by atoms with Crippen molar-refractivity contribution < 1.29 is 14.1 Å². The SMILES string of the molecule is COC(=O)c1ccc(/C=N/[S@+]([O-])C(C)(C)C)cc1. The number of carbonyl (C=O) groups excluding carboxylic acids is 1. The van der Waals surface area contributed by atoms with E-state index in [1.54, 1.807) is 30.5 Å². The Morgan fingerprint density at radius 2 is 1.89 bits per heavy atom. The topological polar surface area (TPSA) is 61.7 Å². The van der Waals surface area contributed by atoms with Crippen molar-refractivity contribution in [3.05, 3.63) is 35.4 Å². The summed E-state index contributed by atoms with van der Waals surface area (Å²) in [6.45, 7) is 5.59. The Kier molecular flexibility index (Phi) is 4.93. The molecule has 0 aliphatic heterocycles. The highest BCUT2D eigenvalue weighted by Gasteiger charge is 2.25. The Morgan fingerprint density at radius 3 is 2.33 bits per heavy atom. The van der Waals surface area contributed by atoms with E-state index in [0.717, 1.165) is 5.56 Å². The smallest absolute Gasteiger partial charge is 0.337 e. The number of carbonyl (C=O) groups is 1. The quantitative estimate of drug-likeness (QED) is 0.480. The first-order valence-electron chi connectivity index (χ1n) is 5.49. The lowest BCUT2D eigenvalue weighted by Gasteiger charge is -2.17. The van der Waals surface area contributed by atoms with E-state index in [1.807, 2.05) is 20.8 Å². The Labute approximate surface area is 110 Å². The highest BCUT2D eigenvalue weighted by atomic mass is 32.2. The molecule has 0 aliphatic carbocycles. The highest BCUT2D eigenvalue weighted by molar-refractivity contribution is 7.91. The summed E-state index contributed by atoms with van der Waals surface area (Å²) < 4.78 is 19.9. The van der Waals surface area contributed by atoms with Gasteiger partial charge in [0.1, 0.15) is 16.1 Å². The van der Waals surface area contributed by atoms with E-state index in [2.05, 4.69) is 9.13 Å². The van der Waals surface area contributed by atoms with Gasteiger partial charge in [-0.3, -0.25) is 0 Å². The zero-order valence-electron chi connectivity index (χ0n) is 11.0. The fourth-order valence-electron chi connectivity index (χ4n) is 1.09. The van der Waals surface area contributed by atoms with E-state index in [1.165, 1.54) is 7.11 Å². The zero-order chi connectivity index (χ0) is 13.8. The molecule has 1 aromatic carbocycles. The van der Waals surface area contributed by atoms with E-state index in [4.69, 9.17) is 0 Å². The van der Waals surface area contributed by atoms with Crippen molar-refractivity contribution in [1.82, 2.24) is 0 Å². The molecule has 0 saturated heterocycles. The molecular weight excluding hydrogens is 250 g/mol. The standard InChI is InChI=1S/C13H17NO3S/c1-13(2,3)18(16)14-9-10-5-7-11(8-6-10)12(15)17-4/h5-9H,1-4H3/b14-9+/t18-/m1/s1. The summed E-state index contributed by atoms with van der Waals surface area (Å²) in [6, 6.07) is 6.76. The first-order valence-corrected chi connectivity index (χ1v) is 6.59. The van der Waals surface area contributed by atoms with Crippen LogP contribution in [0.2, 0.25) is 0 Å². The van der Waals surface area contributed by atoms with Crippen LogP contribution < -0.4 is 0 Å². The summed E-state index contributed by atoms with van der Waals surface area (Å²) in [7, 11) is 1.34.